The van der Waals surface area contributed by atoms with Crippen molar-refractivity contribution in [2.75, 3.05) is 24.3 Å². The van der Waals surface area contributed by atoms with Gasteiger partial charge in [-0.25, -0.2) is 0 Å². The Morgan fingerprint density at radius 2 is 2.19 bits per heavy atom. The first kappa shape index (κ1) is 13.6. The highest BCUT2D eigenvalue weighted by atomic mass is 32.1. The molecule has 0 aliphatic rings. The van der Waals surface area contributed by atoms with Crippen molar-refractivity contribution >= 4 is 22.7 Å². The first-order valence-corrected chi connectivity index (χ1v) is 7.55. The van der Waals surface area contributed by atoms with Crippen LogP contribution in [0.15, 0.2) is 42.2 Å². The van der Waals surface area contributed by atoms with Crippen LogP contribution < -0.4 is 10.2 Å². The van der Waals surface area contributed by atoms with Gasteiger partial charge in [-0.2, -0.15) is 5.10 Å². The first-order chi connectivity index (χ1) is 10.3. The van der Waals surface area contributed by atoms with Crippen LogP contribution in [0.2, 0.25) is 0 Å². The van der Waals surface area contributed by atoms with E-state index in [0.29, 0.717) is 6.54 Å². The van der Waals surface area contributed by atoms with Crippen molar-refractivity contribution in [2.24, 2.45) is 0 Å². The van der Waals surface area contributed by atoms with Crippen LogP contribution in [0.5, 0.6) is 0 Å². The molecule has 0 unspecified atom stereocenters. The van der Waals surface area contributed by atoms with E-state index in [2.05, 4.69) is 36.8 Å². The fourth-order valence-electron chi connectivity index (χ4n) is 2.18. The minimum absolute atomic E-state index is 0.705. The van der Waals surface area contributed by atoms with Gasteiger partial charge in [0.1, 0.15) is 0 Å². The molecule has 0 radical (unpaired) electrons. The van der Waals surface area contributed by atoms with Crippen molar-refractivity contribution in [2.45, 2.75) is 6.54 Å². The van der Waals surface area contributed by atoms with Gasteiger partial charge < -0.3 is 10.2 Å². The van der Waals surface area contributed by atoms with Gasteiger partial charge in [0.05, 0.1) is 34.3 Å². The molecule has 0 atom stereocenters. The predicted octanol–water partition coefficient (Wildman–Crippen LogP) is 3.21. The summed E-state index contributed by atoms with van der Waals surface area (Å²) in [4.78, 5) is 7.46. The van der Waals surface area contributed by atoms with Crippen LogP contribution >= 0.6 is 11.3 Å². The summed E-state index contributed by atoms with van der Waals surface area (Å²) >= 11 is 1.70. The standard InChI is InChI=1S/C15H17N5S/c1-20(2)13-5-6-16-10-12(13)17-8-11-9-18-19-15(11)14-4-3-7-21-14/h3-7,9-10,17H,8H2,1-2H3,(H,18,19). The van der Waals surface area contributed by atoms with Crippen molar-refractivity contribution < 1.29 is 0 Å². The Bertz CT molecular complexity index is 702. The summed E-state index contributed by atoms with van der Waals surface area (Å²) in [5.41, 5.74) is 4.35. The van der Waals surface area contributed by atoms with E-state index in [9.17, 15) is 0 Å². The number of H-pyrrole nitrogens is 1. The zero-order chi connectivity index (χ0) is 14.7. The second-order valence-electron chi connectivity index (χ2n) is 4.89. The molecule has 6 heteroatoms. The summed E-state index contributed by atoms with van der Waals surface area (Å²) in [6.07, 6.45) is 5.52. The van der Waals surface area contributed by atoms with Crippen molar-refractivity contribution in [3.63, 3.8) is 0 Å². The van der Waals surface area contributed by atoms with E-state index in [1.54, 1.807) is 17.5 Å². The number of pyridine rings is 1. The maximum atomic E-state index is 4.19. The van der Waals surface area contributed by atoms with Gasteiger partial charge >= 0.3 is 0 Å². The summed E-state index contributed by atoms with van der Waals surface area (Å²) in [6, 6.07) is 6.14. The Kier molecular flexibility index (Phi) is 3.87. The third-order valence-corrected chi connectivity index (χ3v) is 4.12. The van der Waals surface area contributed by atoms with Crippen LogP contribution in [0.25, 0.3) is 10.6 Å². The van der Waals surface area contributed by atoms with E-state index >= 15 is 0 Å². The first-order valence-electron chi connectivity index (χ1n) is 6.67. The lowest BCUT2D eigenvalue weighted by molar-refractivity contribution is 1.09. The predicted molar refractivity (Wildman–Crippen MR) is 87.8 cm³/mol. The minimum atomic E-state index is 0.705. The molecule has 5 nitrogen and oxygen atoms in total. The highest BCUT2D eigenvalue weighted by Gasteiger charge is 2.10. The second-order valence-corrected chi connectivity index (χ2v) is 5.84. The number of hydrogen-bond acceptors (Lipinski definition) is 5. The lowest BCUT2D eigenvalue weighted by Gasteiger charge is -2.17. The largest absolute Gasteiger partial charge is 0.378 e. The van der Waals surface area contributed by atoms with Gasteiger partial charge in [0, 0.05) is 32.4 Å². The van der Waals surface area contributed by atoms with E-state index in [0.717, 1.165) is 22.6 Å². The maximum absolute atomic E-state index is 4.19. The van der Waals surface area contributed by atoms with E-state index < -0.39 is 0 Å². The Balaban J connectivity index is 1.79. The number of nitrogens with one attached hydrogen (secondary N) is 2. The Hall–Kier alpha value is -2.34. The molecular formula is C15H17N5S. The van der Waals surface area contributed by atoms with E-state index in [-0.39, 0.29) is 0 Å². The van der Waals surface area contributed by atoms with E-state index in [1.807, 2.05) is 38.6 Å². The molecule has 3 aromatic rings. The van der Waals surface area contributed by atoms with Gasteiger partial charge in [-0.1, -0.05) is 6.07 Å². The van der Waals surface area contributed by atoms with Crippen LogP contribution in [0.4, 0.5) is 11.4 Å². The second kappa shape index (κ2) is 5.97. The molecule has 3 heterocycles. The van der Waals surface area contributed by atoms with Crippen molar-refractivity contribution in [3.8, 4) is 10.6 Å². The molecule has 0 spiro atoms. The third-order valence-electron chi connectivity index (χ3n) is 3.23. The molecule has 3 aromatic heterocycles. The Labute approximate surface area is 127 Å². The van der Waals surface area contributed by atoms with E-state index in [1.165, 1.54) is 4.88 Å². The number of rotatable bonds is 5. The molecule has 0 aliphatic carbocycles. The highest BCUT2D eigenvalue weighted by molar-refractivity contribution is 7.13. The average molecular weight is 299 g/mol. The monoisotopic (exact) mass is 299 g/mol. The summed E-state index contributed by atoms with van der Waals surface area (Å²) < 4.78 is 0. The SMILES string of the molecule is CN(C)c1ccncc1NCc1cn[nH]c1-c1cccs1. The molecule has 3 rings (SSSR count). The van der Waals surface area contributed by atoms with E-state index in [4.69, 9.17) is 0 Å². The van der Waals surface area contributed by atoms with Gasteiger partial charge in [-0.3, -0.25) is 10.1 Å². The third kappa shape index (κ3) is 2.90. The molecule has 0 aliphatic heterocycles. The number of anilines is 2. The molecular weight excluding hydrogens is 282 g/mol. The van der Waals surface area contributed by atoms with Crippen LogP contribution in [0, 0.1) is 0 Å². The van der Waals surface area contributed by atoms with Crippen LogP contribution in [-0.4, -0.2) is 29.3 Å². The number of aromatic amines is 1. The number of hydrogen-bond donors (Lipinski definition) is 2. The van der Waals surface area contributed by atoms with Gasteiger partial charge in [0.25, 0.3) is 0 Å². The molecule has 0 aromatic carbocycles. The zero-order valence-corrected chi connectivity index (χ0v) is 12.8. The normalized spacial score (nSPS) is 10.6. The smallest absolute Gasteiger partial charge is 0.0799 e. The fourth-order valence-corrected chi connectivity index (χ4v) is 2.94. The van der Waals surface area contributed by atoms with Crippen molar-refractivity contribution in [3.05, 3.63) is 47.7 Å². The lowest BCUT2D eigenvalue weighted by Crippen LogP contribution is -2.12. The molecule has 108 valence electrons. The summed E-state index contributed by atoms with van der Waals surface area (Å²) in [7, 11) is 4.05. The van der Waals surface area contributed by atoms with Crippen LogP contribution in [0.1, 0.15) is 5.56 Å². The van der Waals surface area contributed by atoms with Crippen molar-refractivity contribution in [1.29, 1.82) is 0 Å². The zero-order valence-electron chi connectivity index (χ0n) is 12.0. The number of aromatic nitrogens is 3. The fraction of sp³-hybridized carbons (Fsp3) is 0.200. The van der Waals surface area contributed by atoms with Gasteiger partial charge in [0.15, 0.2) is 0 Å². The quantitative estimate of drug-likeness (QED) is 0.759. The molecule has 0 bridgehead atoms. The average Bonchev–Trinajstić information content (AvgIpc) is 3.16. The van der Waals surface area contributed by atoms with Gasteiger partial charge in [0.2, 0.25) is 0 Å². The van der Waals surface area contributed by atoms with Crippen LogP contribution in [0.3, 0.4) is 0 Å². The summed E-state index contributed by atoms with van der Waals surface area (Å²) in [5, 5.41) is 12.7. The number of thiophene rings is 1. The number of nitrogens with zero attached hydrogens (tertiary/aromatic N) is 3. The van der Waals surface area contributed by atoms with Gasteiger partial charge in [-0.15, -0.1) is 11.3 Å². The maximum Gasteiger partial charge on any atom is 0.0799 e. The topological polar surface area (TPSA) is 56.8 Å². The molecule has 2 N–H and O–H groups in total. The Morgan fingerprint density at radius 1 is 1.29 bits per heavy atom. The summed E-state index contributed by atoms with van der Waals surface area (Å²) in [6.45, 7) is 0.705. The Morgan fingerprint density at radius 3 is 2.95 bits per heavy atom. The molecule has 0 amide bonds. The summed E-state index contributed by atoms with van der Waals surface area (Å²) in [5.74, 6) is 0. The highest BCUT2D eigenvalue weighted by Crippen LogP contribution is 2.27. The minimum Gasteiger partial charge on any atom is -0.378 e. The lowest BCUT2D eigenvalue weighted by atomic mass is 10.2. The molecule has 0 saturated heterocycles. The van der Waals surface area contributed by atoms with Crippen LogP contribution in [-0.2, 0) is 6.54 Å². The molecule has 0 fully saturated rings. The van der Waals surface area contributed by atoms with Crippen molar-refractivity contribution in [1.82, 2.24) is 15.2 Å². The molecule has 0 saturated carbocycles. The molecule has 21 heavy (non-hydrogen) atoms. The van der Waals surface area contributed by atoms with Gasteiger partial charge in [-0.05, 0) is 17.5 Å².